The highest BCUT2D eigenvalue weighted by Crippen LogP contribution is 2.10. The number of carbonyl (C=O) groups excluding carboxylic acids is 2. The first-order valence-corrected chi connectivity index (χ1v) is 6.94. The lowest BCUT2D eigenvalue weighted by atomic mass is 10.1. The minimum Gasteiger partial charge on any atom is -0.463 e. The van der Waals surface area contributed by atoms with Crippen LogP contribution in [0.2, 0.25) is 0 Å². The third kappa shape index (κ3) is 10.3. The van der Waals surface area contributed by atoms with Crippen LogP contribution < -0.4 is 0 Å². The van der Waals surface area contributed by atoms with Gasteiger partial charge in [-0.1, -0.05) is 44.9 Å². The molecule has 1 N–H and O–H groups in total. The molecule has 0 fully saturated rings. The Balaban J connectivity index is 3.16. The maximum absolute atomic E-state index is 11.1. The Morgan fingerprint density at radius 1 is 0.833 bits per heavy atom. The van der Waals surface area contributed by atoms with Crippen LogP contribution in [0.15, 0.2) is 0 Å². The summed E-state index contributed by atoms with van der Waals surface area (Å²) in [6.45, 7) is 0.300. The van der Waals surface area contributed by atoms with Gasteiger partial charge in [0.15, 0.2) is 0 Å². The van der Waals surface area contributed by atoms with E-state index in [0.29, 0.717) is 13.0 Å². The van der Waals surface area contributed by atoms with Gasteiger partial charge in [-0.05, 0) is 12.8 Å². The SMILES string of the molecule is COC(=O)C(=O)CCCCCCCCCCCO. The summed E-state index contributed by atoms with van der Waals surface area (Å²) < 4.78 is 4.35. The predicted octanol–water partition coefficient (Wildman–Crippen LogP) is 2.62. The number of unbranched alkanes of at least 4 members (excludes halogenated alkanes) is 8. The van der Waals surface area contributed by atoms with Gasteiger partial charge in [0.05, 0.1) is 7.11 Å². The molecule has 4 nitrogen and oxygen atoms in total. The van der Waals surface area contributed by atoms with Crippen LogP contribution in [0.1, 0.15) is 64.2 Å². The Morgan fingerprint density at radius 3 is 1.72 bits per heavy atom. The molecule has 0 rings (SSSR count). The number of hydrogen-bond acceptors (Lipinski definition) is 4. The fraction of sp³-hybridized carbons (Fsp3) is 0.857. The van der Waals surface area contributed by atoms with Gasteiger partial charge in [-0.2, -0.15) is 0 Å². The fourth-order valence-electron chi connectivity index (χ4n) is 1.85. The smallest absolute Gasteiger partial charge is 0.374 e. The van der Waals surface area contributed by atoms with Crippen LogP contribution in [0.25, 0.3) is 0 Å². The van der Waals surface area contributed by atoms with E-state index in [1.807, 2.05) is 0 Å². The van der Waals surface area contributed by atoms with E-state index in [1.165, 1.54) is 32.8 Å². The quantitative estimate of drug-likeness (QED) is 0.332. The largest absolute Gasteiger partial charge is 0.463 e. The van der Waals surface area contributed by atoms with Gasteiger partial charge in [0.1, 0.15) is 0 Å². The topological polar surface area (TPSA) is 63.6 Å². The third-order valence-electron chi connectivity index (χ3n) is 2.98. The van der Waals surface area contributed by atoms with E-state index in [0.717, 1.165) is 32.1 Å². The molecule has 0 spiro atoms. The molecule has 0 bridgehead atoms. The summed E-state index contributed by atoms with van der Waals surface area (Å²) in [5.41, 5.74) is 0. The molecular weight excluding hydrogens is 232 g/mol. The summed E-state index contributed by atoms with van der Waals surface area (Å²) in [6.07, 6.45) is 10.1. The number of rotatable bonds is 12. The van der Waals surface area contributed by atoms with Crippen molar-refractivity contribution < 1.29 is 19.4 Å². The first-order chi connectivity index (χ1) is 8.72. The molecule has 0 radical (unpaired) electrons. The molecule has 0 aliphatic rings. The van der Waals surface area contributed by atoms with Crippen LogP contribution in [-0.4, -0.2) is 30.6 Å². The second-order valence-corrected chi connectivity index (χ2v) is 4.57. The number of ether oxygens (including phenoxy) is 1. The van der Waals surface area contributed by atoms with Crippen LogP contribution in [-0.2, 0) is 14.3 Å². The minimum atomic E-state index is -0.723. The molecule has 106 valence electrons. The zero-order valence-corrected chi connectivity index (χ0v) is 11.5. The maximum Gasteiger partial charge on any atom is 0.374 e. The van der Waals surface area contributed by atoms with Crippen molar-refractivity contribution in [2.24, 2.45) is 0 Å². The van der Waals surface area contributed by atoms with E-state index in [9.17, 15) is 9.59 Å². The summed E-state index contributed by atoms with van der Waals surface area (Å²) in [6, 6.07) is 0. The van der Waals surface area contributed by atoms with E-state index < -0.39 is 11.8 Å². The van der Waals surface area contributed by atoms with Crippen molar-refractivity contribution in [1.29, 1.82) is 0 Å². The van der Waals surface area contributed by atoms with E-state index >= 15 is 0 Å². The lowest BCUT2D eigenvalue weighted by Crippen LogP contribution is -2.14. The number of esters is 1. The number of Topliss-reactive ketones (excluding diaryl/α,β-unsaturated/α-hetero) is 1. The van der Waals surface area contributed by atoms with Crippen LogP contribution in [0.3, 0.4) is 0 Å². The van der Waals surface area contributed by atoms with Crippen LogP contribution in [0, 0.1) is 0 Å². The van der Waals surface area contributed by atoms with Gasteiger partial charge in [-0.3, -0.25) is 4.79 Å². The van der Waals surface area contributed by atoms with Crippen LogP contribution >= 0.6 is 0 Å². The lowest BCUT2D eigenvalue weighted by molar-refractivity contribution is -0.151. The van der Waals surface area contributed by atoms with Gasteiger partial charge in [0.25, 0.3) is 0 Å². The summed E-state index contributed by atoms with van der Waals surface area (Å²) in [7, 11) is 1.23. The zero-order valence-electron chi connectivity index (χ0n) is 11.5. The number of aliphatic hydroxyl groups excluding tert-OH is 1. The molecule has 0 aliphatic carbocycles. The van der Waals surface area contributed by atoms with Crippen LogP contribution in [0.5, 0.6) is 0 Å². The van der Waals surface area contributed by atoms with E-state index in [4.69, 9.17) is 5.11 Å². The first kappa shape index (κ1) is 17.1. The highest BCUT2D eigenvalue weighted by Gasteiger charge is 2.12. The maximum atomic E-state index is 11.1. The van der Waals surface area contributed by atoms with E-state index in [-0.39, 0.29) is 0 Å². The highest BCUT2D eigenvalue weighted by molar-refractivity contribution is 6.33. The average Bonchev–Trinajstić information content (AvgIpc) is 2.39. The predicted molar refractivity (Wildman–Crippen MR) is 70.3 cm³/mol. The molecule has 0 unspecified atom stereocenters. The highest BCUT2D eigenvalue weighted by atomic mass is 16.5. The molecule has 0 aliphatic heterocycles. The fourth-order valence-corrected chi connectivity index (χ4v) is 1.85. The van der Waals surface area contributed by atoms with Crippen molar-refractivity contribution >= 4 is 11.8 Å². The van der Waals surface area contributed by atoms with Gasteiger partial charge in [-0.25, -0.2) is 4.79 Å². The molecule has 0 atom stereocenters. The van der Waals surface area contributed by atoms with Crippen molar-refractivity contribution in [1.82, 2.24) is 0 Å². The van der Waals surface area contributed by atoms with E-state index in [2.05, 4.69) is 4.74 Å². The Kier molecular flexibility index (Phi) is 11.9. The normalized spacial score (nSPS) is 10.3. The second-order valence-electron chi connectivity index (χ2n) is 4.57. The zero-order chi connectivity index (χ0) is 13.6. The van der Waals surface area contributed by atoms with Gasteiger partial charge in [-0.15, -0.1) is 0 Å². The summed E-state index contributed by atoms with van der Waals surface area (Å²) in [5, 5.41) is 8.61. The Hall–Kier alpha value is -0.900. The third-order valence-corrected chi connectivity index (χ3v) is 2.98. The number of hydrogen-bond donors (Lipinski definition) is 1. The second kappa shape index (κ2) is 12.6. The monoisotopic (exact) mass is 258 g/mol. The summed E-state index contributed by atoms with van der Waals surface area (Å²) in [5.74, 6) is -1.14. The Labute approximate surface area is 110 Å². The van der Waals surface area contributed by atoms with E-state index in [1.54, 1.807) is 0 Å². The molecule has 0 aromatic carbocycles. The number of aliphatic hydroxyl groups is 1. The van der Waals surface area contributed by atoms with Crippen molar-refractivity contribution in [3.8, 4) is 0 Å². The molecule has 4 heteroatoms. The van der Waals surface area contributed by atoms with Gasteiger partial charge in [0.2, 0.25) is 5.78 Å². The molecular formula is C14H26O4. The molecule has 0 amide bonds. The number of ketones is 1. The molecule has 0 aromatic heterocycles. The molecule has 0 saturated carbocycles. The standard InChI is InChI=1S/C14H26O4/c1-18-14(17)13(16)11-9-7-5-3-2-4-6-8-10-12-15/h15H,2-12H2,1H3. The van der Waals surface area contributed by atoms with Crippen molar-refractivity contribution in [2.75, 3.05) is 13.7 Å². The molecule has 0 saturated heterocycles. The number of carbonyl (C=O) groups is 2. The van der Waals surface area contributed by atoms with Gasteiger partial charge < -0.3 is 9.84 Å². The van der Waals surface area contributed by atoms with Crippen molar-refractivity contribution in [2.45, 2.75) is 64.2 Å². The molecule has 0 aromatic rings. The minimum absolute atomic E-state index is 0.300. The number of methoxy groups -OCH3 is 1. The Morgan fingerprint density at radius 2 is 1.28 bits per heavy atom. The lowest BCUT2D eigenvalue weighted by Gasteiger charge is -2.01. The van der Waals surface area contributed by atoms with Crippen LogP contribution in [0.4, 0.5) is 0 Å². The average molecular weight is 258 g/mol. The molecule has 0 heterocycles. The van der Waals surface area contributed by atoms with Gasteiger partial charge in [0, 0.05) is 13.0 Å². The van der Waals surface area contributed by atoms with Crippen molar-refractivity contribution in [3.63, 3.8) is 0 Å². The summed E-state index contributed by atoms with van der Waals surface area (Å²) >= 11 is 0. The first-order valence-electron chi connectivity index (χ1n) is 6.94. The van der Waals surface area contributed by atoms with Crippen molar-refractivity contribution in [3.05, 3.63) is 0 Å². The van der Waals surface area contributed by atoms with Gasteiger partial charge >= 0.3 is 5.97 Å². The summed E-state index contributed by atoms with van der Waals surface area (Å²) in [4.78, 5) is 21.9. The Bertz CT molecular complexity index is 226. The molecule has 18 heavy (non-hydrogen) atoms.